The summed E-state index contributed by atoms with van der Waals surface area (Å²) in [7, 11) is 1.66. The van der Waals surface area contributed by atoms with Gasteiger partial charge in [-0.2, -0.15) is 0 Å². The first-order valence-electron chi connectivity index (χ1n) is 6.64. The Balaban J connectivity index is 2.27. The molecular formula is C16H22O2. The smallest absolute Gasteiger partial charge is 0.166 e. The van der Waals surface area contributed by atoms with Crippen LogP contribution in [0.15, 0.2) is 18.2 Å². The van der Waals surface area contributed by atoms with E-state index in [0.717, 1.165) is 29.7 Å². The molecule has 2 rings (SSSR count). The van der Waals surface area contributed by atoms with Crippen LogP contribution in [0.1, 0.15) is 49.0 Å². The first-order valence-corrected chi connectivity index (χ1v) is 6.64. The van der Waals surface area contributed by atoms with Gasteiger partial charge in [-0.3, -0.25) is 4.79 Å². The van der Waals surface area contributed by atoms with Gasteiger partial charge in [0, 0.05) is 11.5 Å². The number of aryl methyl sites for hydroxylation is 1. The minimum absolute atomic E-state index is 0.144. The number of hydrogen-bond donors (Lipinski definition) is 0. The van der Waals surface area contributed by atoms with Gasteiger partial charge in [-0.05, 0) is 48.9 Å². The Bertz CT molecular complexity index is 460. The normalized spacial score (nSPS) is 21.9. The minimum Gasteiger partial charge on any atom is -0.496 e. The van der Waals surface area contributed by atoms with Gasteiger partial charge in [0.05, 0.1) is 7.11 Å². The van der Waals surface area contributed by atoms with Gasteiger partial charge in [0.1, 0.15) is 5.75 Å². The summed E-state index contributed by atoms with van der Waals surface area (Å²) in [4.78, 5) is 12.6. The summed E-state index contributed by atoms with van der Waals surface area (Å²) in [6.07, 6.45) is 3.34. The molecule has 1 saturated carbocycles. The predicted molar refractivity (Wildman–Crippen MR) is 73.2 cm³/mol. The molecule has 0 radical (unpaired) electrons. The Labute approximate surface area is 109 Å². The molecule has 1 aliphatic rings. The van der Waals surface area contributed by atoms with Crippen molar-refractivity contribution in [2.45, 2.75) is 40.0 Å². The highest BCUT2D eigenvalue weighted by molar-refractivity contribution is 5.98. The van der Waals surface area contributed by atoms with Gasteiger partial charge in [-0.25, -0.2) is 0 Å². The maximum atomic E-state index is 12.6. The number of ether oxygens (including phenoxy) is 1. The molecule has 98 valence electrons. The molecule has 1 fully saturated rings. The van der Waals surface area contributed by atoms with E-state index in [9.17, 15) is 4.79 Å². The Morgan fingerprint density at radius 1 is 1.39 bits per heavy atom. The summed E-state index contributed by atoms with van der Waals surface area (Å²) in [5, 5.41) is 0. The fraction of sp³-hybridized carbons (Fsp3) is 0.562. The Morgan fingerprint density at radius 2 is 2.11 bits per heavy atom. The van der Waals surface area contributed by atoms with E-state index in [1.807, 2.05) is 25.1 Å². The maximum Gasteiger partial charge on any atom is 0.166 e. The lowest BCUT2D eigenvalue weighted by Crippen LogP contribution is -2.25. The third-order valence-electron chi connectivity index (χ3n) is 4.25. The van der Waals surface area contributed by atoms with E-state index in [-0.39, 0.29) is 11.3 Å². The standard InChI is InChI=1S/C16H22O2/c1-11-10-12(7-8-14(11)18-4)15(17)13-6-5-9-16(13,2)3/h7-8,10,13H,5-6,9H2,1-4H3. The second kappa shape index (κ2) is 4.75. The van der Waals surface area contributed by atoms with Crippen molar-refractivity contribution < 1.29 is 9.53 Å². The van der Waals surface area contributed by atoms with E-state index >= 15 is 0 Å². The highest BCUT2D eigenvalue weighted by Crippen LogP contribution is 2.44. The van der Waals surface area contributed by atoms with E-state index in [1.165, 1.54) is 6.42 Å². The van der Waals surface area contributed by atoms with Crippen LogP contribution >= 0.6 is 0 Å². The van der Waals surface area contributed by atoms with E-state index in [0.29, 0.717) is 5.78 Å². The molecule has 0 amide bonds. The molecule has 0 bridgehead atoms. The van der Waals surface area contributed by atoms with Gasteiger partial charge < -0.3 is 4.74 Å². The molecule has 2 heteroatoms. The van der Waals surface area contributed by atoms with Crippen LogP contribution in [-0.2, 0) is 0 Å². The number of carbonyl (C=O) groups is 1. The topological polar surface area (TPSA) is 26.3 Å². The molecule has 0 aliphatic heterocycles. The molecular weight excluding hydrogens is 224 g/mol. The van der Waals surface area contributed by atoms with E-state index < -0.39 is 0 Å². The van der Waals surface area contributed by atoms with E-state index in [1.54, 1.807) is 7.11 Å². The van der Waals surface area contributed by atoms with Gasteiger partial charge in [-0.15, -0.1) is 0 Å². The largest absolute Gasteiger partial charge is 0.496 e. The average molecular weight is 246 g/mol. The first kappa shape index (κ1) is 13.1. The van der Waals surface area contributed by atoms with Crippen LogP contribution in [0.2, 0.25) is 0 Å². The number of rotatable bonds is 3. The van der Waals surface area contributed by atoms with Crippen molar-refractivity contribution in [1.82, 2.24) is 0 Å². The quantitative estimate of drug-likeness (QED) is 0.753. The lowest BCUT2D eigenvalue weighted by Gasteiger charge is -2.25. The molecule has 1 unspecified atom stereocenters. The van der Waals surface area contributed by atoms with Crippen LogP contribution < -0.4 is 4.74 Å². The van der Waals surface area contributed by atoms with Crippen molar-refractivity contribution >= 4 is 5.78 Å². The lowest BCUT2D eigenvalue weighted by atomic mass is 9.77. The van der Waals surface area contributed by atoms with Gasteiger partial charge in [0.2, 0.25) is 0 Å². The number of benzene rings is 1. The number of methoxy groups -OCH3 is 1. The fourth-order valence-corrected chi connectivity index (χ4v) is 3.05. The molecule has 0 heterocycles. The van der Waals surface area contributed by atoms with Gasteiger partial charge >= 0.3 is 0 Å². The summed E-state index contributed by atoms with van der Waals surface area (Å²) in [6, 6.07) is 5.74. The molecule has 0 aromatic heterocycles. The van der Waals surface area contributed by atoms with Crippen LogP contribution in [0.3, 0.4) is 0 Å². The predicted octanol–water partition coefficient (Wildman–Crippen LogP) is 4.01. The van der Waals surface area contributed by atoms with Crippen LogP contribution in [0.4, 0.5) is 0 Å². The molecule has 1 aromatic carbocycles. The van der Waals surface area contributed by atoms with E-state index in [2.05, 4.69) is 13.8 Å². The third kappa shape index (κ3) is 2.29. The van der Waals surface area contributed by atoms with Crippen molar-refractivity contribution in [3.8, 4) is 5.75 Å². The summed E-state index contributed by atoms with van der Waals surface area (Å²) in [5.41, 5.74) is 2.00. The Hall–Kier alpha value is -1.31. The van der Waals surface area contributed by atoms with Crippen molar-refractivity contribution in [3.05, 3.63) is 29.3 Å². The number of ketones is 1. The SMILES string of the molecule is COc1ccc(C(=O)C2CCCC2(C)C)cc1C. The molecule has 18 heavy (non-hydrogen) atoms. The summed E-state index contributed by atoms with van der Waals surface area (Å²) in [5.74, 6) is 1.31. The van der Waals surface area contributed by atoms with Crippen LogP contribution in [0.25, 0.3) is 0 Å². The average Bonchev–Trinajstić information content (AvgIpc) is 2.68. The molecule has 1 aromatic rings. The summed E-state index contributed by atoms with van der Waals surface area (Å²) < 4.78 is 5.23. The molecule has 0 saturated heterocycles. The molecule has 2 nitrogen and oxygen atoms in total. The zero-order valence-corrected chi connectivity index (χ0v) is 11.7. The van der Waals surface area contributed by atoms with Crippen molar-refractivity contribution in [2.75, 3.05) is 7.11 Å². The number of Topliss-reactive ketones (excluding diaryl/α,β-unsaturated/α-hetero) is 1. The number of carbonyl (C=O) groups excluding carboxylic acids is 1. The molecule has 0 N–H and O–H groups in total. The Kier molecular flexibility index (Phi) is 3.47. The summed E-state index contributed by atoms with van der Waals surface area (Å²) >= 11 is 0. The van der Waals surface area contributed by atoms with Crippen molar-refractivity contribution in [2.24, 2.45) is 11.3 Å². The number of hydrogen-bond acceptors (Lipinski definition) is 2. The monoisotopic (exact) mass is 246 g/mol. The lowest BCUT2D eigenvalue weighted by molar-refractivity contribution is 0.0839. The maximum absolute atomic E-state index is 12.6. The zero-order chi connectivity index (χ0) is 13.3. The van der Waals surface area contributed by atoms with Crippen LogP contribution in [0.5, 0.6) is 5.75 Å². The molecule has 1 atom stereocenters. The van der Waals surface area contributed by atoms with Crippen LogP contribution in [-0.4, -0.2) is 12.9 Å². The highest BCUT2D eigenvalue weighted by Gasteiger charge is 2.39. The highest BCUT2D eigenvalue weighted by atomic mass is 16.5. The fourth-order valence-electron chi connectivity index (χ4n) is 3.05. The molecule has 1 aliphatic carbocycles. The third-order valence-corrected chi connectivity index (χ3v) is 4.25. The van der Waals surface area contributed by atoms with Crippen LogP contribution in [0, 0.1) is 18.3 Å². The zero-order valence-electron chi connectivity index (χ0n) is 11.7. The molecule has 0 spiro atoms. The van der Waals surface area contributed by atoms with Crippen molar-refractivity contribution in [1.29, 1.82) is 0 Å². The second-order valence-corrected chi connectivity index (χ2v) is 5.98. The Morgan fingerprint density at radius 3 is 2.61 bits per heavy atom. The van der Waals surface area contributed by atoms with E-state index in [4.69, 9.17) is 4.74 Å². The first-order chi connectivity index (χ1) is 8.45. The van der Waals surface area contributed by atoms with Gasteiger partial charge in [0.15, 0.2) is 5.78 Å². The van der Waals surface area contributed by atoms with Crippen molar-refractivity contribution in [3.63, 3.8) is 0 Å². The summed E-state index contributed by atoms with van der Waals surface area (Å²) in [6.45, 7) is 6.40. The van der Waals surface area contributed by atoms with Gasteiger partial charge in [0.25, 0.3) is 0 Å². The van der Waals surface area contributed by atoms with Gasteiger partial charge in [-0.1, -0.05) is 20.3 Å². The minimum atomic E-state index is 0.144. The second-order valence-electron chi connectivity index (χ2n) is 5.98.